The lowest BCUT2D eigenvalue weighted by Crippen LogP contribution is -2.46. The minimum absolute atomic E-state index is 0.114. The highest BCUT2D eigenvalue weighted by atomic mass is 19.1. The van der Waals surface area contributed by atoms with Crippen LogP contribution in [-0.4, -0.2) is 48.5 Å². The zero-order valence-corrected chi connectivity index (χ0v) is 22.0. The Kier molecular flexibility index (Phi) is 6.02. The molecule has 1 saturated heterocycles. The highest BCUT2D eigenvalue weighted by Gasteiger charge is 2.28. The van der Waals surface area contributed by atoms with Crippen molar-refractivity contribution in [3.63, 3.8) is 0 Å². The van der Waals surface area contributed by atoms with Crippen LogP contribution in [-0.2, 0) is 6.42 Å². The molecule has 8 heteroatoms. The first-order valence-corrected chi connectivity index (χ1v) is 13.7. The smallest absolute Gasteiger partial charge is 0.326 e. The molecular weight excluding hydrogens is 491 g/mol. The SMILES string of the molecule is CC1=Cc2c(ccc(Oc3nc(NC4=NCC(C5CC5)=C4)cc(N4CCN(c5ccccc5)CC4)n3)c2F)C1. The van der Waals surface area contributed by atoms with Crippen LogP contribution in [0.4, 0.5) is 21.7 Å². The molecule has 2 aliphatic carbocycles. The number of aliphatic imine (C=N–C) groups is 1. The van der Waals surface area contributed by atoms with E-state index < -0.39 is 0 Å². The third kappa shape index (κ3) is 4.99. The number of anilines is 3. The Morgan fingerprint density at radius 1 is 0.949 bits per heavy atom. The molecule has 7 nitrogen and oxygen atoms in total. The summed E-state index contributed by atoms with van der Waals surface area (Å²) in [5.41, 5.74) is 5.30. The molecule has 1 N–H and O–H groups in total. The Morgan fingerprint density at radius 2 is 1.74 bits per heavy atom. The van der Waals surface area contributed by atoms with Crippen molar-refractivity contribution in [3.05, 3.63) is 82.7 Å². The van der Waals surface area contributed by atoms with Gasteiger partial charge in [-0.25, -0.2) is 4.39 Å². The largest absolute Gasteiger partial charge is 0.421 e. The van der Waals surface area contributed by atoms with Crippen LogP contribution < -0.4 is 19.9 Å². The first kappa shape index (κ1) is 23.9. The standard InChI is InChI=1S/C31H31FN6O/c1-20-15-22-9-10-26(30(32)25(22)16-20)39-31-35-28(34-27-17-23(19-33-27)21-7-8-21)18-29(36-31)38-13-11-37(12-14-38)24-5-3-2-4-6-24/h2-6,9-10,16-18,21H,7-8,11-15,19H2,1H3,(H,33,34,35,36). The molecule has 0 spiro atoms. The fraction of sp³-hybridized carbons (Fsp3) is 0.323. The minimum atomic E-state index is -0.374. The van der Waals surface area contributed by atoms with Gasteiger partial charge in [0.05, 0.1) is 6.54 Å². The second kappa shape index (κ2) is 9.84. The van der Waals surface area contributed by atoms with Gasteiger partial charge in [-0.05, 0) is 67.5 Å². The van der Waals surface area contributed by atoms with Crippen LogP contribution in [0.3, 0.4) is 0 Å². The number of amidine groups is 1. The van der Waals surface area contributed by atoms with Gasteiger partial charge in [-0.3, -0.25) is 4.99 Å². The number of allylic oxidation sites excluding steroid dienone is 1. The molecule has 2 aromatic carbocycles. The molecule has 4 aliphatic rings. The predicted molar refractivity (Wildman–Crippen MR) is 153 cm³/mol. The van der Waals surface area contributed by atoms with E-state index in [-0.39, 0.29) is 17.6 Å². The molecule has 2 aliphatic heterocycles. The van der Waals surface area contributed by atoms with Gasteiger partial charge in [0, 0.05) is 43.5 Å². The van der Waals surface area contributed by atoms with Gasteiger partial charge in [0.15, 0.2) is 11.6 Å². The quantitative estimate of drug-likeness (QED) is 0.438. The van der Waals surface area contributed by atoms with E-state index in [0.717, 1.165) is 61.9 Å². The van der Waals surface area contributed by atoms with Crippen molar-refractivity contribution < 1.29 is 9.13 Å². The Balaban J connectivity index is 1.16. The summed E-state index contributed by atoms with van der Waals surface area (Å²) in [6, 6.07) is 16.1. The molecule has 39 heavy (non-hydrogen) atoms. The van der Waals surface area contributed by atoms with Gasteiger partial charge in [-0.1, -0.05) is 35.9 Å². The van der Waals surface area contributed by atoms with E-state index in [9.17, 15) is 0 Å². The van der Waals surface area contributed by atoms with Crippen molar-refractivity contribution in [1.82, 2.24) is 9.97 Å². The van der Waals surface area contributed by atoms with Crippen LogP contribution in [0.5, 0.6) is 11.8 Å². The molecule has 0 radical (unpaired) electrons. The van der Waals surface area contributed by atoms with E-state index in [1.54, 1.807) is 6.07 Å². The topological polar surface area (TPSA) is 65.9 Å². The summed E-state index contributed by atoms with van der Waals surface area (Å²) < 4.78 is 21.4. The highest BCUT2D eigenvalue weighted by Crippen LogP contribution is 2.38. The van der Waals surface area contributed by atoms with E-state index in [4.69, 9.17) is 9.72 Å². The number of halogens is 1. The van der Waals surface area contributed by atoms with Gasteiger partial charge in [0.2, 0.25) is 0 Å². The number of aromatic nitrogens is 2. The lowest BCUT2D eigenvalue weighted by Gasteiger charge is -2.36. The van der Waals surface area contributed by atoms with Gasteiger partial charge in [0.25, 0.3) is 0 Å². The number of fused-ring (bicyclic) bond motifs is 1. The zero-order chi connectivity index (χ0) is 26.3. The molecule has 0 amide bonds. The average Bonchev–Trinajstić information content (AvgIpc) is 3.58. The number of piperazine rings is 1. The van der Waals surface area contributed by atoms with Gasteiger partial charge in [0.1, 0.15) is 17.5 Å². The molecule has 1 saturated carbocycles. The lowest BCUT2D eigenvalue weighted by atomic mass is 10.1. The van der Waals surface area contributed by atoms with Crippen LogP contribution in [0, 0.1) is 11.7 Å². The Bertz CT molecular complexity index is 1500. The molecule has 3 heterocycles. The predicted octanol–water partition coefficient (Wildman–Crippen LogP) is 5.85. The monoisotopic (exact) mass is 522 g/mol. The Morgan fingerprint density at radius 3 is 2.54 bits per heavy atom. The average molecular weight is 523 g/mol. The molecule has 0 unspecified atom stereocenters. The van der Waals surface area contributed by atoms with E-state index >= 15 is 4.39 Å². The van der Waals surface area contributed by atoms with Crippen molar-refractivity contribution in [3.8, 4) is 11.8 Å². The van der Waals surface area contributed by atoms with Crippen LogP contribution in [0.15, 0.2) is 70.7 Å². The number of nitrogens with zero attached hydrogens (tertiary/aromatic N) is 5. The molecular formula is C31H31FN6O. The van der Waals surface area contributed by atoms with Crippen molar-refractivity contribution >= 4 is 29.2 Å². The molecule has 1 aromatic heterocycles. The third-order valence-electron chi connectivity index (χ3n) is 7.82. The summed E-state index contributed by atoms with van der Waals surface area (Å²) in [5, 5.41) is 3.36. The van der Waals surface area contributed by atoms with E-state index in [0.29, 0.717) is 17.3 Å². The van der Waals surface area contributed by atoms with Crippen molar-refractivity contribution in [1.29, 1.82) is 0 Å². The zero-order valence-electron chi connectivity index (χ0n) is 22.0. The molecule has 0 atom stereocenters. The Hall–Kier alpha value is -4.20. The van der Waals surface area contributed by atoms with E-state index in [1.807, 2.05) is 31.2 Å². The molecule has 3 aromatic rings. The van der Waals surface area contributed by atoms with Gasteiger partial charge >= 0.3 is 6.01 Å². The normalized spacial score (nSPS) is 18.5. The molecule has 198 valence electrons. The Labute approximate surface area is 227 Å². The third-order valence-corrected chi connectivity index (χ3v) is 7.82. The molecule has 2 fully saturated rings. The van der Waals surface area contributed by atoms with Crippen LogP contribution in [0.1, 0.15) is 30.9 Å². The summed E-state index contributed by atoms with van der Waals surface area (Å²) in [7, 11) is 0. The first-order chi connectivity index (χ1) is 19.1. The van der Waals surface area contributed by atoms with E-state index in [2.05, 4.69) is 55.4 Å². The van der Waals surface area contributed by atoms with Crippen LogP contribution in [0.2, 0.25) is 0 Å². The van der Waals surface area contributed by atoms with Crippen molar-refractivity contribution in [2.75, 3.05) is 47.8 Å². The second-order valence-corrected chi connectivity index (χ2v) is 10.7. The number of ether oxygens (including phenoxy) is 1. The number of rotatable bonds is 6. The van der Waals surface area contributed by atoms with Gasteiger partial charge < -0.3 is 19.9 Å². The molecule has 7 rings (SSSR count). The summed E-state index contributed by atoms with van der Waals surface area (Å²) in [5.74, 6) is 2.56. The number of para-hydroxylation sites is 1. The van der Waals surface area contributed by atoms with Crippen LogP contribution in [0.25, 0.3) is 6.08 Å². The summed E-state index contributed by atoms with van der Waals surface area (Å²) in [6.07, 6.45) is 7.28. The van der Waals surface area contributed by atoms with Crippen molar-refractivity contribution in [2.24, 2.45) is 10.9 Å². The minimum Gasteiger partial charge on any atom is -0.421 e. The second-order valence-electron chi connectivity index (χ2n) is 10.7. The summed E-state index contributed by atoms with van der Waals surface area (Å²) in [4.78, 5) is 18.6. The maximum atomic E-state index is 15.4. The van der Waals surface area contributed by atoms with Gasteiger partial charge in [-0.15, -0.1) is 0 Å². The van der Waals surface area contributed by atoms with Crippen molar-refractivity contribution in [2.45, 2.75) is 26.2 Å². The number of nitrogens with one attached hydrogen (secondary N) is 1. The molecule has 0 bridgehead atoms. The maximum absolute atomic E-state index is 15.4. The lowest BCUT2D eigenvalue weighted by molar-refractivity contribution is 0.410. The summed E-state index contributed by atoms with van der Waals surface area (Å²) >= 11 is 0. The van der Waals surface area contributed by atoms with Gasteiger partial charge in [-0.2, -0.15) is 9.97 Å². The van der Waals surface area contributed by atoms with Crippen LogP contribution >= 0.6 is 0 Å². The maximum Gasteiger partial charge on any atom is 0.326 e. The number of benzene rings is 2. The highest BCUT2D eigenvalue weighted by molar-refractivity contribution is 6.05. The van der Waals surface area contributed by atoms with E-state index in [1.165, 1.54) is 24.1 Å². The fourth-order valence-corrected chi connectivity index (χ4v) is 5.57. The number of hydrogen-bond donors (Lipinski definition) is 1. The first-order valence-electron chi connectivity index (χ1n) is 13.7. The fourth-order valence-electron chi connectivity index (χ4n) is 5.57. The summed E-state index contributed by atoms with van der Waals surface area (Å²) in [6.45, 7) is 6.10. The number of hydrogen-bond acceptors (Lipinski definition) is 7.